The quantitative estimate of drug-likeness (QED) is 0.439. The van der Waals surface area contributed by atoms with Gasteiger partial charge >= 0.3 is 0 Å². The van der Waals surface area contributed by atoms with Crippen LogP contribution in [0.3, 0.4) is 0 Å². The Kier molecular flexibility index (Phi) is 6.29. The zero-order valence-corrected chi connectivity index (χ0v) is 16.2. The molecular weight excluding hydrogens is 377 g/mol. The van der Waals surface area contributed by atoms with Gasteiger partial charge in [0, 0.05) is 24.8 Å². The molecule has 6 nitrogen and oxygen atoms in total. The number of carbonyl (C=O) groups is 2. The number of hydrogen-bond acceptors (Lipinski definition) is 5. The number of ketones is 1. The maximum absolute atomic E-state index is 14.6. The number of likely N-dealkylation sites (tertiary alicyclic amines) is 1. The minimum atomic E-state index is -1.04. The van der Waals surface area contributed by atoms with Crippen LogP contribution in [0.25, 0.3) is 5.76 Å². The Morgan fingerprint density at radius 1 is 1.14 bits per heavy atom. The van der Waals surface area contributed by atoms with Gasteiger partial charge in [0.15, 0.2) is 0 Å². The van der Waals surface area contributed by atoms with Crippen molar-refractivity contribution < 1.29 is 28.6 Å². The van der Waals surface area contributed by atoms with Crippen LogP contribution in [0.4, 0.5) is 4.39 Å². The molecule has 7 heteroatoms. The molecule has 1 saturated heterocycles. The van der Waals surface area contributed by atoms with E-state index in [0.717, 1.165) is 0 Å². The molecule has 0 bridgehead atoms. The van der Waals surface area contributed by atoms with Gasteiger partial charge in [0.05, 0.1) is 24.8 Å². The fourth-order valence-electron chi connectivity index (χ4n) is 3.35. The van der Waals surface area contributed by atoms with E-state index in [4.69, 9.17) is 9.47 Å². The third-order valence-electron chi connectivity index (χ3n) is 4.71. The molecule has 1 aliphatic heterocycles. The number of methoxy groups -OCH3 is 1. The average Bonchev–Trinajstić information content (AvgIpc) is 2.97. The number of rotatable bonds is 7. The highest BCUT2D eigenvalue weighted by molar-refractivity contribution is 6.46. The second kappa shape index (κ2) is 8.87. The smallest absolute Gasteiger partial charge is 0.295 e. The van der Waals surface area contributed by atoms with Crippen molar-refractivity contribution in [3.63, 3.8) is 0 Å². The van der Waals surface area contributed by atoms with Gasteiger partial charge in [0.2, 0.25) is 0 Å². The monoisotopic (exact) mass is 399 g/mol. The van der Waals surface area contributed by atoms with Gasteiger partial charge in [-0.15, -0.1) is 0 Å². The van der Waals surface area contributed by atoms with Gasteiger partial charge in [-0.05, 0) is 37.3 Å². The minimum Gasteiger partial charge on any atom is -0.507 e. The third kappa shape index (κ3) is 4.00. The highest BCUT2D eigenvalue weighted by Crippen LogP contribution is 2.40. The van der Waals surface area contributed by atoms with E-state index in [0.29, 0.717) is 17.9 Å². The van der Waals surface area contributed by atoms with Crippen molar-refractivity contribution in [3.8, 4) is 5.75 Å². The van der Waals surface area contributed by atoms with Crippen LogP contribution < -0.4 is 4.74 Å². The summed E-state index contributed by atoms with van der Waals surface area (Å²) in [6.07, 6.45) is 0. The minimum absolute atomic E-state index is 0.0835. The molecule has 1 heterocycles. The number of ether oxygens (including phenoxy) is 2. The number of hydrogen-bond donors (Lipinski definition) is 1. The maximum Gasteiger partial charge on any atom is 0.295 e. The van der Waals surface area contributed by atoms with Gasteiger partial charge in [0.1, 0.15) is 17.3 Å². The highest BCUT2D eigenvalue weighted by atomic mass is 19.1. The Labute approximate surface area is 168 Å². The topological polar surface area (TPSA) is 76.1 Å². The molecular formula is C22H22FNO5. The van der Waals surface area contributed by atoms with Crippen molar-refractivity contribution in [3.05, 3.63) is 71.0 Å². The first kappa shape index (κ1) is 20.5. The summed E-state index contributed by atoms with van der Waals surface area (Å²) in [6.45, 7) is 2.59. The standard InChI is InChI=1S/C22H22FNO5/c1-3-29-15-10-8-14(9-11-15)20(25)18-19(16-6-4-5-7-17(16)23)24(12-13-28-2)22(27)21(18)26/h4-11,19,25H,3,12-13H2,1-2H3/t19-/m1/s1. The maximum atomic E-state index is 14.6. The lowest BCUT2D eigenvalue weighted by Crippen LogP contribution is -2.33. The Hall–Kier alpha value is -3.19. The second-order valence-electron chi connectivity index (χ2n) is 6.46. The molecule has 0 aliphatic carbocycles. The molecule has 2 aromatic carbocycles. The van der Waals surface area contributed by atoms with Crippen molar-refractivity contribution in [1.29, 1.82) is 0 Å². The first-order valence-corrected chi connectivity index (χ1v) is 9.24. The van der Waals surface area contributed by atoms with Gasteiger partial charge < -0.3 is 19.5 Å². The number of nitrogens with zero attached hydrogens (tertiary/aromatic N) is 1. The van der Waals surface area contributed by atoms with E-state index >= 15 is 0 Å². The van der Waals surface area contributed by atoms with Gasteiger partial charge in [0.25, 0.3) is 11.7 Å². The van der Waals surface area contributed by atoms with Crippen LogP contribution in [-0.4, -0.2) is 48.6 Å². The molecule has 152 valence electrons. The summed E-state index contributed by atoms with van der Waals surface area (Å²) in [5, 5.41) is 10.9. The zero-order valence-electron chi connectivity index (χ0n) is 16.2. The summed E-state index contributed by atoms with van der Waals surface area (Å²) in [4.78, 5) is 26.6. The van der Waals surface area contributed by atoms with E-state index in [1.165, 1.54) is 30.2 Å². The van der Waals surface area contributed by atoms with Crippen molar-refractivity contribution >= 4 is 17.4 Å². The normalized spacial score (nSPS) is 18.3. The number of aliphatic hydroxyl groups excluding tert-OH is 1. The number of carbonyl (C=O) groups excluding carboxylic acids is 2. The lowest BCUT2D eigenvalue weighted by atomic mass is 9.95. The van der Waals surface area contributed by atoms with Gasteiger partial charge in [-0.1, -0.05) is 18.2 Å². The van der Waals surface area contributed by atoms with Crippen molar-refractivity contribution in [2.45, 2.75) is 13.0 Å². The Bertz CT molecular complexity index is 938. The first-order chi connectivity index (χ1) is 14.0. The summed E-state index contributed by atoms with van der Waals surface area (Å²) < 4.78 is 25.0. The van der Waals surface area contributed by atoms with Crippen molar-refractivity contribution in [1.82, 2.24) is 4.90 Å². The van der Waals surface area contributed by atoms with Gasteiger partial charge in [-0.2, -0.15) is 0 Å². The lowest BCUT2D eigenvalue weighted by Gasteiger charge is -2.25. The van der Waals surface area contributed by atoms with Crippen LogP contribution in [0, 0.1) is 5.82 Å². The van der Waals surface area contributed by atoms with Crippen LogP contribution in [0.1, 0.15) is 24.1 Å². The van der Waals surface area contributed by atoms with Crippen molar-refractivity contribution in [2.24, 2.45) is 0 Å². The Morgan fingerprint density at radius 3 is 2.45 bits per heavy atom. The van der Waals surface area contributed by atoms with E-state index in [-0.39, 0.29) is 30.0 Å². The molecule has 29 heavy (non-hydrogen) atoms. The molecule has 0 aromatic heterocycles. The van der Waals surface area contributed by atoms with Crippen LogP contribution in [0.15, 0.2) is 54.1 Å². The summed E-state index contributed by atoms with van der Waals surface area (Å²) in [7, 11) is 1.47. The summed E-state index contributed by atoms with van der Waals surface area (Å²) in [5.41, 5.74) is 0.315. The summed E-state index contributed by atoms with van der Waals surface area (Å²) in [5.74, 6) is -1.99. The molecule has 1 amide bonds. The lowest BCUT2D eigenvalue weighted by molar-refractivity contribution is -0.140. The molecule has 3 rings (SSSR count). The Balaban J connectivity index is 2.12. The van der Waals surface area contributed by atoms with E-state index in [1.54, 1.807) is 30.3 Å². The predicted molar refractivity (Wildman–Crippen MR) is 105 cm³/mol. The predicted octanol–water partition coefficient (Wildman–Crippen LogP) is 3.29. The van der Waals surface area contributed by atoms with Gasteiger partial charge in [-0.3, -0.25) is 9.59 Å². The Morgan fingerprint density at radius 2 is 1.83 bits per heavy atom. The van der Waals surface area contributed by atoms with E-state index < -0.39 is 23.5 Å². The molecule has 1 fully saturated rings. The van der Waals surface area contributed by atoms with Crippen LogP contribution in [-0.2, 0) is 14.3 Å². The SMILES string of the molecule is CCOc1ccc(C(O)=C2C(=O)C(=O)N(CCOC)[C@@H]2c2ccccc2F)cc1. The number of halogens is 1. The molecule has 0 unspecified atom stereocenters. The van der Waals surface area contributed by atoms with E-state index in [2.05, 4.69) is 0 Å². The number of amides is 1. The molecule has 0 radical (unpaired) electrons. The van der Waals surface area contributed by atoms with Crippen LogP contribution in [0.5, 0.6) is 5.75 Å². The molecule has 2 aromatic rings. The highest BCUT2D eigenvalue weighted by Gasteiger charge is 2.46. The third-order valence-corrected chi connectivity index (χ3v) is 4.71. The molecule has 1 atom stereocenters. The second-order valence-corrected chi connectivity index (χ2v) is 6.46. The zero-order chi connectivity index (χ0) is 21.0. The van der Waals surface area contributed by atoms with Crippen molar-refractivity contribution in [2.75, 3.05) is 26.9 Å². The number of aliphatic hydroxyl groups is 1. The first-order valence-electron chi connectivity index (χ1n) is 9.24. The molecule has 0 spiro atoms. The molecule has 0 saturated carbocycles. The largest absolute Gasteiger partial charge is 0.507 e. The van der Waals surface area contributed by atoms with Crippen LogP contribution >= 0.6 is 0 Å². The molecule has 1 N–H and O–H groups in total. The summed E-state index contributed by atoms with van der Waals surface area (Å²) in [6, 6.07) is 11.3. The van der Waals surface area contributed by atoms with E-state index in [9.17, 15) is 19.1 Å². The van der Waals surface area contributed by atoms with E-state index in [1.807, 2.05) is 6.92 Å². The van der Waals surface area contributed by atoms with Gasteiger partial charge in [-0.25, -0.2) is 4.39 Å². The number of benzene rings is 2. The van der Waals surface area contributed by atoms with Crippen LogP contribution in [0.2, 0.25) is 0 Å². The molecule has 1 aliphatic rings. The summed E-state index contributed by atoms with van der Waals surface area (Å²) >= 11 is 0. The number of Topliss-reactive ketones (excluding diaryl/α,β-unsaturated/α-hetero) is 1. The fraction of sp³-hybridized carbons (Fsp3) is 0.273. The average molecular weight is 399 g/mol. The fourth-order valence-corrected chi connectivity index (χ4v) is 3.35.